The van der Waals surface area contributed by atoms with Gasteiger partial charge in [-0.2, -0.15) is 4.98 Å². The second-order valence-corrected chi connectivity index (χ2v) is 5.13. The Morgan fingerprint density at radius 3 is 3.12 bits per heavy atom. The van der Waals surface area contributed by atoms with Crippen molar-refractivity contribution in [3.8, 4) is 0 Å². The van der Waals surface area contributed by atoms with Crippen LogP contribution in [0.15, 0.2) is 10.9 Å². The highest BCUT2D eigenvalue weighted by Gasteiger charge is 2.42. The molecule has 2 heterocycles. The number of hydrogen-bond donors (Lipinski definition) is 1. The molecule has 0 radical (unpaired) electrons. The minimum atomic E-state index is 0.224. The van der Waals surface area contributed by atoms with Gasteiger partial charge in [0.15, 0.2) is 5.82 Å². The van der Waals surface area contributed by atoms with E-state index < -0.39 is 0 Å². The van der Waals surface area contributed by atoms with Crippen LogP contribution < -0.4 is 5.32 Å². The summed E-state index contributed by atoms with van der Waals surface area (Å²) in [6.07, 6.45) is 8.32. The highest BCUT2D eigenvalue weighted by Crippen LogP contribution is 2.42. The zero-order valence-corrected chi connectivity index (χ0v) is 10.0. The lowest BCUT2D eigenvalue weighted by Crippen LogP contribution is -2.51. The van der Waals surface area contributed by atoms with Crippen molar-refractivity contribution in [2.75, 3.05) is 13.2 Å². The van der Waals surface area contributed by atoms with Crippen LogP contribution in [0.3, 0.4) is 0 Å². The fraction of sp³-hybridized carbons (Fsp3) is 0.833. The average molecular weight is 237 g/mol. The van der Waals surface area contributed by atoms with Crippen LogP contribution >= 0.6 is 0 Å². The van der Waals surface area contributed by atoms with E-state index in [1.165, 1.54) is 32.1 Å². The third kappa shape index (κ3) is 2.50. The molecule has 1 atom stereocenters. The Hall–Kier alpha value is -0.940. The van der Waals surface area contributed by atoms with E-state index in [0.29, 0.717) is 6.04 Å². The molecule has 1 aliphatic carbocycles. The van der Waals surface area contributed by atoms with E-state index in [9.17, 15) is 0 Å². The Balaban J connectivity index is 1.42. The van der Waals surface area contributed by atoms with Crippen molar-refractivity contribution in [2.24, 2.45) is 0 Å². The van der Waals surface area contributed by atoms with Crippen molar-refractivity contribution < 1.29 is 9.26 Å². The summed E-state index contributed by atoms with van der Waals surface area (Å²) in [5, 5.41) is 7.39. The van der Waals surface area contributed by atoms with Crippen LogP contribution in [-0.2, 0) is 11.2 Å². The largest absolute Gasteiger partial charge is 0.375 e. The predicted octanol–water partition coefficient (Wildman–Crippen LogP) is 1.30. The maximum atomic E-state index is 5.90. The lowest BCUT2D eigenvalue weighted by atomic mass is 9.74. The van der Waals surface area contributed by atoms with Gasteiger partial charge in [0.2, 0.25) is 6.39 Å². The van der Waals surface area contributed by atoms with Gasteiger partial charge in [0.1, 0.15) is 0 Å². The van der Waals surface area contributed by atoms with E-state index in [2.05, 4.69) is 15.5 Å². The maximum absolute atomic E-state index is 5.90. The predicted molar refractivity (Wildman–Crippen MR) is 61.6 cm³/mol. The third-order valence-corrected chi connectivity index (χ3v) is 3.95. The lowest BCUT2D eigenvalue weighted by Gasteiger charge is -2.47. The zero-order valence-electron chi connectivity index (χ0n) is 10.0. The normalized spacial score (nSPS) is 26.9. The third-order valence-electron chi connectivity index (χ3n) is 3.95. The molecule has 0 bridgehead atoms. The molecule has 0 amide bonds. The summed E-state index contributed by atoms with van der Waals surface area (Å²) in [5.41, 5.74) is 0.224. The number of aromatic nitrogens is 2. The SMILES string of the molecule is c1nc(CCNC2CCOC3(CCC3)C2)no1. The van der Waals surface area contributed by atoms with E-state index in [-0.39, 0.29) is 5.60 Å². The molecule has 1 aromatic heterocycles. The molecule has 5 heteroatoms. The van der Waals surface area contributed by atoms with E-state index in [1.54, 1.807) is 0 Å². The fourth-order valence-corrected chi connectivity index (χ4v) is 2.81. The highest BCUT2D eigenvalue weighted by atomic mass is 16.5. The number of ether oxygens (including phenoxy) is 1. The molecule has 2 aliphatic rings. The molecule has 5 nitrogen and oxygen atoms in total. The van der Waals surface area contributed by atoms with Gasteiger partial charge in [-0.3, -0.25) is 0 Å². The fourth-order valence-electron chi connectivity index (χ4n) is 2.81. The van der Waals surface area contributed by atoms with Crippen molar-refractivity contribution in [1.29, 1.82) is 0 Å². The van der Waals surface area contributed by atoms with Crippen molar-refractivity contribution in [3.63, 3.8) is 0 Å². The van der Waals surface area contributed by atoms with Gasteiger partial charge in [0, 0.05) is 25.6 Å². The summed E-state index contributed by atoms with van der Waals surface area (Å²) in [6.45, 7) is 1.82. The van der Waals surface area contributed by atoms with Gasteiger partial charge in [-0.1, -0.05) is 5.16 Å². The number of nitrogens with one attached hydrogen (secondary N) is 1. The number of nitrogens with zero attached hydrogens (tertiary/aromatic N) is 2. The molecule has 1 aliphatic heterocycles. The first-order chi connectivity index (χ1) is 8.36. The standard InChI is InChI=1S/C12H19N3O2/c1-4-12(5-1)8-10(3-7-16-12)13-6-2-11-14-9-17-15-11/h9-10,13H,1-8H2. The van der Waals surface area contributed by atoms with Gasteiger partial charge in [-0.25, -0.2) is 0 Å². The Bertz CT molecular complexity index is 349. The van der Waals surface area contributed by atoms with Gasteiger partial charge in [-0.05, 0) is 32.1 Å². The van der Waals surface area contributed by atoms with Crippen LogP contribution in [0.1, 0.15) is 37.9 Å². The van der Waals surface area contributed by atoms with E-state index in [4.69, 9.17) is 9.26 Å². The first-order valence-electron chi connectivity index (χ1n) is 6.49. The summed E-state index contributed by atoms with van der Waals surface area (Å²) in [5.74, 6) is 0.780. The molecule has 2 fully saturated rings. The van der Waals surface area contributed by atoms with Crippen LogP contribution in [0, 0.1) is 0 Å². The maximum Gasteiger partial charge on any atom is 0.213 e. The Morgan fingerprint density at radius 2 is 2.41 bits per heavy atom. The van der Waals surface area contributed by atoms with Crippen molar-refractivity contribution >= 4 is 0 Å². The first kappa shape index (κ1) is 11.2. The molecule has 1 spiro atoms. The second kappa shape index (κ2) is 4.74. The van der Waals surface area contributed by atoms with E-state index in [0.717, 1.165) is 31.8 Å². The molecule has 1 unspecified atom stereocenters. The molecular formula is C12H19N3O2. The minimum Gasteiger partial charge on any atom is -0.375 e. The summed E-state index contributed by atoms with van der Waals surface area (Å²) in [6, 6.07) is 0.593. The van der Waals surface area contributed by atoms with Crippen LogP contribution in [0.2, 0.25) is 0 Å². The molecule has 94 valence electrons. The monoisotopic (exact) mass is 237 g/mol. The average Bonchev–Trinajstić information content (AvgIpc) is 2.80. The van der Waals surface area contributed by atoms with Gasteiger partial charge in [0.25, 0.3) is 0 Å². The number of rotatable bonds is 4. The quantitative estimate of drug-likeness (QED) is 0.855. The summed E-state index contributed by atoms with van der Waals surface area (Å²) in [7, 11) is 0. The highest BCUT2D eigenvalue weighted by molar-refractivity contribution is 4.96. The van der Waals surface area contributed by atoms with E-state index >= 15 is 0 Å². The molecule has 1 saturated heterocycles. The first-order valence-corrected chi connectivity index (χ1v) is 6.49. The summed E-state index contributed by atoms with van der Waals surface area (Å²) in [4.78, 5) is 4.01. The van der Waals surface area contributed by atoms with E-state index in [1.807, 2.05) is 0 Å². The lowest BCUT2D eigenvalue weighted by molar-refractivity contribution is -0.135. The van der Waals surface area contributed by atoms with Crippen LogP contribution in [0.5, 0.6) is 0 Å². The van der Waals surface area contributed by atoms with Gasteiger partial charge < -0.3 is 14.6 Å². The Kier molecular flexibility index (Phi) is 3.11. The molecule has 1 saturated carbocycles. The molecule has 3 rings (SSSR count). The van der Waals surface area contributed by atoms with Gasteiger partial charge in [0.05, 0.1) is 5.60 Å². The second-order valence-electron chi connectivity index (χ2n) is 5.13. The molecular weight excluding hydrogens is 218 g/mol. The molecule has 1 aromatic rings. The van der Waals surface area contributed by atoms with Crippen molar-refractivity contribution in [1.82, 2.24) is 15.5 Å². The van der Waals surface area contributed by atoms with Gasteiger partial charge >= 0.3 is 0 Å². The summed E-state index contributed by atoms with van der Waals surface area (Å²) >= 11 is 0. The Morgan fingerprint density at radius 1 is 1.47 bits per heavy atom. The molecule has 1 N–H and O–H groups in total. The zero-order chi connectivity index (χ0) is 11.6. The van der Waals surface area contributed by atoms with Crippen LogP contribution in [0.4, 0.5) is 0 Å². The minimum absolute atomic E-state index is 0.224. The van der Waals surface area contributed by atoms with Crippen molar-refractivity contribution in [2.45, 2.75) is 50.2 Å². The topological polar surface area (TPSA) is 60.2 Å². The van der Waals surface area contributed by atoms with Crippen LogP contribution in [0.25, 0.3) is 0 Å². The van der Waals surface area contributed by atoms with Gasteiger partial charge in [-0.15, -0.1) is 0 Å². The molecule has 0 aromatic carbocycles. The summed E-state index contributed by atoms with van der Waals surface area (Å²) < 4.78 is 10.6. The Labute approximate surface area is 101 Å². The number of hydrogen-bond acceptors (Lipinski definition) is 5. The smallest absolute Gasteiger partial charge is 0.213 e. The van der Waals surface area contributed by atoms with Crippen molar-refractivity contribution in [3.05, 3.63) is 12.2 Å². The van der Waals surface area contributed by atoms with Crippen LogP contribution in [-0.4, -0.2) is 34.9 Å². The molecule has 17 heavy (non-hydrogen) atoms.